The van der Waals surface area contributed by atoms with Crippen molar-refractivity contribution >= 4 is 23.2 Å². The van der Waals surface area contributed by atoms with E-state index in [4.69, 9.17) is 10.5 Å². The molecule has 0 saturated carbocycles. The normalized spacial score (nSPS) is 16.5. The zero-order valence-electron chi connectivity index (χ0n) is 12.9. The SMILES string of the molecule is CO[C@@H](CN)CC(=O)Nc1cccc(N2CCCCC2=O)c1. The lowest BCUT2D eigenvalue weighted by Gasteiger charge is -2.27. The van der Waals surface area contributed by atoms with Crippen LogP contribution in [0.2, 0.25) is 0 Å². The molecule has 0 aromatic heterocycles. The first kappa shape index (κ1) is 16.5. The number of carbonyl (C=O) groups excluding carboxylic acids is 2. The van der Waals surface area contributed by atoms with E-state index in [0.717, 1.165) is 25.1 Å². The first-order valence-corrected chi connectivity index (χ1v) is 7.57. The summed E-state index contributed by atoms with van der Waals surface area (Å²) in [6.07, 6.45) is 2.46. The molecule has 6 nitrogen and oxygen atoms in total. The van der Waals surface area contributed by atoms with Gasteiger partial charge in [0.2, 0.25) is 11.8 Å². The molecule has 2 rings (SSSR count). The predicted octanol–water partition coefficient (Wildman–Crippen LogP) is 1.51. The summed E-state index contributed by atoms with van der Waals surface area (Å²) in [5, 5.41) is 2.82. The van der Waals surface area contributed by atoms with E-state index < -0.39 is 0 Å². The highest BCUT2D eigenvalue weighted by Crippen LogP contribution is 2.24. The number of anilines is 2. The number of rotatable bonds is 6. The molecule has 120 valence electrons. The number of nitrogens with one attached hydrogen (secondary N) is 1. The molecule has 0 unspecified atom stereocenters. The van der Waals surface area contributed by atoms with Crippen LogP contribution >= 0.6 is 0 Å². The third kappa shape index (κ3) is 4.29. The highest BCUT2D eigenvalue weighted by Gasteiger charge is 2.20. The molecule has 1 aromatic carbocycles. The Morgan fingerprint density at radius 1 is 1.45 bits per heavy atom. The molecule has 0 bridgehead atoms. The molecule has 2 amide bonds. The number of piperidine rings is 1. The quantitative estimate of drug-likeness (QED) is 0.834. The average molecular weight is 305 g/mol. The third-order valence-corrected chi connectivity index (χ3v) is 3.77. The van der Waals surface area contributed by atoms with Crippen LogP contribution in [0.15, 0.2) is 24.3 Å². The Labute approximate surface area is 130 Å². The third-order valence-electron chi connectivity index (χ3n) is 3.77. The lowest BCUT2D eigenvalue weighted by atomic mass is 10.1. The number of benzene rings is 1. The van der Waals surface area contributed by atoms with Crippen molar-refractivity contribution < 1.29 is 14.3 Å². The van der Waals surface area contributed by atoms with Gasteiger partial charge in [-0.05, 0) is 31.0 Å². The van der Waals surface area contributed by atoms with E-state index in [2.05, 4.69) is 5.32 Å². The molecule has 1 heterocycles. The Kier molecular flexibility index (Phi) is 5.91. The zero-order chi connectivity index (χ0) is 15.9. The second kappa shape index (κ2) is 7.91. The molecule has 0 radical (unpaired) electrons. The minimum atomic E-state index is -0.285. The summed E-state index contributed by atoms with van der Waals surface area (Å²) in [5.74, 6) is -0.0169. The summed E-state index contributed by atoms with van der Waals surface area (Å²) < 4.78 is 5.10. The van der Waals surface area contributed by atoms with Gasteiger partial charge in [-0.3, -0.25) is 9.59 Å². The monoisotopic (exact) mass is 305 g/mol. The summed E-state index contributed by atoms with van der Waals surface area (Å²) in [4.78, 5) is 25.7. The van der Waals surface area contributed by atoms with E-state index >= 15 is 0 Å². The van der Waals surface area contributed by atoms with E-state index in [0.29, 0.717) is 18.7 Å². The summed E-state index contributed by atoms with van der Waals surface area (Å²) in [6.45, 7) is 1.03. The average Bonchev–Trinajstić information content (AvgIpc) is 2.53. The number of amides is 2. The Hall–Kier alpha value is -1.92. The van der Waals surface area contributed by atoms with Crippen LogP contribution in [0.25, 0.3) is 0 Å². The van der Waals surface area contributed by atoms with E-state index in [1.807, 2.05) is 18.2 Å². The number of nitrogens with two attached hydrogens (primary N) is 1. The number of hydrogen-bond donors (Lipinski definition) is 2. The summed E-state index contributed by atoms with van der Waals surface area (Å²) in [7, 11) is 1.54. The van der Waals surface area contributed by atoms with Crippen LogP contribution < -0.4 is 16.0 Å². The topological polar surface area (TPSA) is 84.7 Å². The molecule has 0 spiro atoms. The molecule has 22 heavy (non-hydrogen) atoms. The Bertz CT molecular complexity index is 529. The van der Waals surface area contributed by atoms with Crippen LogP contribution in [0.3, 0.4) is 0 Å². The van der Waals surface area contributed by atoms with Gasteiger partial charge < -0.3 is 20.7 Å². The molecule has 3 N–H and O–H groups in total. The van der Waals surface area contributed by atoms with Crippen LogP contribution in [0.1, 0.15) is 25.7 Å². The molecule has 1 aliphatic heterocycles. The molecular weight excluding hydrogens is 282 g/mol. The molecular formula is C16H23N3O3. The Balaban J connectivity index is 2.02. The molecule has 1 aliphatic rings. The molecule has 1 fully saturated rings. The first-order valence-electron chi connectivity index (χ1n) is 7.57. The van der Waals surface area contributed by atoms with Crippen molar-refractivity contribution in [2.24, 2.45) is 5.73 Å². The van der Waals surface area contributed by atoms with Crippen molar-refractivity contribution in [1.29, 1.82) is 0 Å². The fourth-order valence-corrected chi connectivity index (χ4v) is 2.51. The number of hydrogen-bond acceptors (Lipinski definition) is 4. The highest BCUT2D eigenvalue weighted by atomic mass is 16.5. The highest BCUT2D eigenvalue weighted by molar-refractivity contribution is 5.96. The maximum Gasteiger partial charge on any atom is 0.227 e. The predicted molar refractivity (Wildman–Crippen MR) is 85.7 cm³/mol. The van der Waals surface area contributed by atoms with Gasteiger partial charge in [-0.1, -0.05) is 6.07 Å². The standard InChI is InChI=1S/C16H23N3O3/c1-22-14(11-17)10-15(20)18-12-5-4-6-13(9-12)19-8-3-2-7-16(19)21/h4-6,9,14H,2-3,7-8,10-11,17H2,1H3,(H,18,20)/t14-/m1/s1. The van der Waals surface area contributed by atoms with Crippen molar-refractivity contribution in [2.45, 2.75) is 31.8 Å². The maximum atomic E-state index is 12.0. The fraction of sp³-hybridized carbons (Fsp3) is 0.500. The number of ether oxygens (including phenoxy) is 1. The van der Waals surface area contributed by atoms with Crippen LogP contribution in [-0.4, -0.2) is 38.1 Å². The summed E-state index contributed by atoms with van der Waals surface area (Å²) in [5.41, 5.74) is 7.01. The summed E-state index contributed by atoms with van der Waals surface area (Å²) in [6, 6.07) is 7.35. The fourth-order valence-electron chi connectivity index (χ4n) is 2.51. The van der Waals surface area contributed by atoms with Gasteiger partial charge in [0.1, 0.15) is 0 Å². The molecule has 0 aliphatic carbocycles. The first-order chi connectivity index (χ1) is 10.6. The van der Waals surface area contributed by atoms with Gasteiger partial charge in [-0.2, -0.15) is 0 Å². The van der Waals surface area contributed by atoms with E-state index in [1.165, 1.54) is 7.11 Å². The minimum absolute atomic E-state index is 0.136. The van der Waals surface area contributed by atoms with Crippen LogP contribution in [0.5, 0.6) is 0 Å². The van der Waals surface area contributed by atoms with E-state index in [-0.39, 0.29) is 24.3 Å². The van der Waals surface area contributed by atoms with Gasteiger partial charge in [-0.25, -0.2) is 0 Å². The van der Waals surface area contributed by atoms with E-state index in [9.17, 15) is 9.59 Å². The van der Waals surface area contributed by atoms with Crippen molar-refractivity contribution in [3.05, 3.63) is 24.3 Å². The zero-order valence-corrected chi connectivity index (χ0v) is 12.9. The largest absolute Gasteiger partial charge is 0.380 e. The van der Waals surface area contributed by atoms with Gasteiger partial charge in [-0.15, -0.1) is 0 Å². The van der Waals surface area contributed by atoms with Crippen LogP contribution in [0, 0.1) is 0 Å². The molecule has 1 atom stereocenters. The molecule has 6 heteroatoms. The minimum Gasteiger partial charge on any atom is -0.380 e. The van der Waals surface area contributed by atoms with Gasteiger partial charge in [0.15, 0.2) is 0 Å². The lowest BCUT2D eigenvalue weighted by Crippen LogP contribution is -2.35. The Morgan fingerprint density at radius 3 is 2.95 bits per heavy atom. The van der Waals surface area contributed by atoms with Gasteiger partial charge in [0, 0.05) is 38.0 Å². The second-order valence-electron chi connectivity index (χ2n) is 5.40. The van der Waals surface area contributed by atoms with Crippen molar-refractivity contribution in [2.75, 3.05) is 30.4 Å². The van der Waals surface area contributed by atoms with Gasteiger partial charge in [0.25, 0.3) is 0 Å². The summed E-state index contributed by atoms with van der Waals surface area (Å²) >= 11 is 0. The maximum absolute atomic E-state index is 12.0. The second-order valence-corrected chi connectivity index (χ2v) is 5.40. The van der Waals surface area contributed by atoms with Crippen molar-refractivity contribution in [1.82, 2.24) is 0 Å². The lowest BCUT2D eigenvalue weighted by molar-refractivity contribution is -0.119. The number of methoxy groups -OCH3 is 1. The van der Waals surface area contributed by atoms with Crippen LogP contribution in [0.4, 0.5) is 11.4 Å². The van der Waals surface area contributed by atoms with Crippen molar-refractivity contribution in [3.63, 3.8) is 0 Å². The van der Waals surface area contributed by atoms with Gasteiger partial charge in [0.05, 0.1) is 12.5 Å². The number of carbonyl (C=O) groups is 2. The Morgan fingerprint density at radius 2 is 2.27 bits per heavy atom. The van der Waals surface area contributed by atoms with Gasteiger partial charge >= 0.3 is 0 Å². The molecule has 1 saturated heterocycles. The smallest absolute Gasteiger partial charge is 0.227 e. The van der Waals surface area contributed by atoms with E-state index in [1.54, 1.807) is 11.0 Å². The van der Waals surface area contributed by atoms with Crippen LogP contribution in [-0.2, 0) is 14.3 Å². The number of nitrogens with zero attached hydrogens (tertiary/aromatic N) is 1. The molecule has 1 aromatic rings. The van der Waals surface area contributed by atoms with Crippen molar-refractivity contribution in [3.8, 4) is 0 Å².